The minimum Gasteiger partial charge on any atom is -0.489 e. The monoisotopic (exact) mass is 459 g/mol. The van der Waals surface area contributed by atoms with E-state index < -0.39 is 11.8 Å². The van der Waals surface area contributed by atoms with Crippen LogP contribution in [0.3, 0.4) is 0 Å². The van der Waals surface area contributed by atoms with E-state index >= 15 is 0 Å². The Morgan fingerprint density at radius 3 is 2.48 bits per heavy atom. The Hall–Kier alpha value is -3.42. The summed E-state index contributed by atoms with van der Waals surface area (Å²) in [4.78, 5) is 23.8. The fraction of sp³-hybridized carbons (Fsp3) is 0.0455. The maximum Gasteiger partial charge on any atom is 0.329 e. The zero-order chi connectivity index (χ0) is 22.2. The highest BCUT2D eigenvalue weighted by Crippen LogP contribution is 2.24. The number of hydrogen-bond donors (Lipinski definition) is 2. The summed E-state index contributed by atoms with van der Waals surface area (Å²) in [6, 6.07) is 17.4. The molecule has 0 aromatic heterocycles. The van der Waals surface area contributed by atoms with Gasteiger partial charge in [0.2, 0.25) is 0 Å². The van der Waals surface area contributed by atoms with E-state index in [2.05, 4.69) is 15.8 Å². The lowest BCUT2D eigenvalue weighted by atomic mass is 10.2. The molecule has 0 fully saturated rings. The van der Waals surface area contributed by atoms with Crippen molar-refractivity contribution in [2.45, 2.75) is 6.61 Å². The standard InChI is InChI=1S/C22H16Cl2FN3O3/c23-19-9-8-17(11-20(19)24)27-21(29)22(30)28-26-12-15-2-1-3-18(10-15)31-13-14-4-6-16(25)7-5-14/h1-12H,13H2,(H,27,29)(H,28,30). The SMILES string of the molecule is O=C(NN=Cc1cccc(OCc2ccc(F)cc2)c1)C(=O)Nc1ccc(Cl)c(Cl)c1. The van der Waals surface area contributed by atoms with Crippen molar-refractivity contribution in [1.29, 1.82) is 0 Å². The van der Waals surface area contributed by atoms with Crippen molar-refractivity contribution < 1.29 is 18.7 Å². The van der Waals surface area contributed by atoms with Crippen LogP contribution in [0.4, 0.5) is 10.1 Å². The number of nitrogens with zero attached hydrogens (tertiary/aromatic N) is 1. The van der Waals surface area contributed by atoms with Gasteiger partial charge >= 0.3 is 11.8 Å². The van der Waals surface area contributed by atoms with E-state index in [0.717, 1.165) is 5.56 Å². The molecule has 158 valence electrons. The number of rotatable bonds is 6. The molecular weight excluding hydrogens is 444 g/mol. The Bertz CT molecular complexity index is 1120. The average molecular weight is 460 g/mol. The number of nitrogens with one attached hydrogen (secondary N) is 2. The zero-order valence-corrected chi connectivity index (χ0v) is 17.5. The van der Waals surface area contributed by atoms with Crippen LogP contribution < -0.4 is 15.5 Å². The van der Waals surface area contributed by atoms with Gasteiger partial charge in [-0.1, -0.05) is 47.5 Å². The second-order valence-corrected chi connectivity index (χ2v) is 7.08. The van der Waals surface area contributed by atoms with Gasteiger partial charge in [-0.3, -0.25) is 9.59 Å². The fourth-order valence-corrected chi connectivity index (χ4v) is 2.71. The van der Waals surface area contributed by atoms with E-state index in [9.17, 15) is 14.0 Å². The summed E-state index contributed by atoms with van der Waals surface area (Å²) in [6.07, 6.45) is 1.37. The molecule has 0 aliphatic carbocycles. The van der Waals surface area contributed by atoms with Gasteiger partial charge in [0.05, 0.1) is 16.3 Å². The number of benzene rings is 3. The number of halogens is 3. The Morgan fingerprint density at radius 1 is 0.968 bits per heavy atom. The van der Waals surface area contributed by atoms with Crippen molar-refractivity contribution in [3.63, 3.8) is 0 Å². The summed E-state index contributed by atoms with van der Waals surface area (Å²) < 4.78 is 18.6. The van der Waals surface area contributed by atoms with Gasteiger partial charge < -0.3 is 10.1 Å². The van der Waals surface area contributed by atoms with Gasteiger partial charge in [-0.05, 0) is 53.6 Å². The molecule has 0 atom stereocenters. The van der Waals surface area contributed by atoms with Gasteiger partial charge in [0.1, 0.15) is 18.2 Å². The molecular formula is C22H16Cl2FN3O3. The highest BCUT2D eigenvalue weighted by atomic mass is 35.5. The van der Waals surface area contributed by atoms with Gasteiger partial charge in [0.15, 0.2) is 0 Å². The number of ether oxygens (including phenoxy) is 1. The molecule has 0 aliphatic rings. The third-order valence-electron chi connectivity index (χ3n) is 3.94. The molecule has 2 amide bonds. The van der Waals surface area contributed by atoms with Crippen LogP contribution in [-0.2, 0) is 16.2 Å². The first-order valence-electron chi connectivity index (χ1n) is 8.97. The summed E-state index contributed by atoms with van der Waals surface area (Å²) in [5, 5.41) is 6.75. The van der Waals surface area contributed by atoms with Crippen LogP contribution in [0.1, 0.15) is 11.1 Å². The lowest BCUT2D eigenvalue weighted by molar-refractivity contribution is -0.136. The molecule has 0 heterocycles. The number of carbonyl (C=O) groups is 2. The molecule has 3 rings (SSSR count). The predicted molar refractivity (Wildman–Crippen MR) is 118 cm³/mol. The first-order valence-corrected chi connectivity index (χ1v) is 9.73. The van der Waals surface area contributed by atoms with Crippen molar-refractivity contribution in [1.82, 2.24) is 5.43 Å². The quantitative estimate of drug-likeness (QED) is 0.315. The molecule has 0 spiro atoms. The molecule has 3 aromatic rings. The minimum atomic E-state index is -0.953. The predicted octanol–water partition coefficient (Wildman–Crippen LogP) is 4.80. The molecule has 0 saturated heterocycles. The third kappa shape index (κ3) is 6.80. The Balaban J connectivity index is 1.52. The smallest absolute Gasteiger partial charge is 0.329 e. The summed E-state index contributed by atoms with van der Waals surface area (Å²) in [6.45, 7) is 0.270. The van der Waals surface area contributed by atoms with Gasteiger partial charge in [-0.15, -0.1) is 0 Å². The number of hydrazone groups is 1. The second-order valence-electron chi connectivity index (χ2n) is 6.27. The van der Waals surface area contributed by atoms with Gasteiger partial charge in [0.25, 0.3) is 0 Å². The lowest BCUT2D eigenvalue weighted by Crippen LogP contribution is -2.32. The first-order chi connectivity index (χ1) is 14.9. The maximum absolute atomic E-state index is 12.9. The van der Waals surface area contributed by atoms with Crippen LogP contribution in [0.15, 0.2) is 71.8 Å². The molecule has 2 N–H and O–H groups in total. The summed E-state index contributed by atoms with van der Waals surface area (Å²) in [7, 11) is 0. The third-order valence-corrected chi connectivity index (χ3v) is 4.68. The normalized spacial score (nSPS) is 10.7. The van der Waals surface area contributed by atoms with Crippen LogP contribution in [0, 0.1) is 5.82 Å². The van der Waals surface area contributed by atoms with Crippen molar-refractivity contribution in [2.75, 3.05) is 5.32 Å². The molecule has 0 bridgehead atoms. The Labute approximate surface area is 187 Å². The van der Waals surface area contributed by atoms with Gasteiger partial charge in [0, 0.05) is 5.69 Å². The van der Waals surface area contributed by atoms with E-state index in [4.69, 9.17) is 27.9 Å². The molecule has 0 unspecified atom stereocenters. The van der Waals surface area contributed by atoms with Crippen molar-refractivity contribution >= 4 is 46.9 Å². The van der Waals surface area contributed by atoms with E-state index in [-0.39, 0.29) is 17.4 Å². The number of anilines is 1. The Morgan fingerprint density at radius 2 is 1.74 bits per heavy atom. The van der Waals surface area contributed by atoms with Crippen LogP contribution in [0.5, 0.6) is 5.75 Å². The fourth-order valence-electron chi connectivity index (χ4n) is 2.41. The topological polar surface area (TPSA) is 79.8 Å². The molecule has 0 saturated carbocycles. The van der Waals surface area contributed by atoms with E-state index in [1.165, 1.54) is 36.5 Å². The first kappa shape index (κ1) is 22.3. The highest BCUT2D eigenvalue weighted by Gasteiger charge is 2.13. The Kier molecular flexibility index (Phi) is 7.59. The average Bonchev–Trinajstić information content (AvgIpc) is 2.76. The zero-order valence-electron chi connectivity index (χ0n) is 15.9. The number of hydrogen-bond acceptors (Lipinski definition) is 4. The van der Waals surface area contributed by atoms with Crippen LogP contribution in [-0.4, -0.2) is 18.0 Å². The number of carbonyl (C=O) groups excluding carboxylic acids is 2. The van der Waals surface area contributed by atoms with E-state index in [1.807, 2.05) is 0 Å². The lowest BCUT2D eigenvalue weighted by Gasteiger charge is -2.07. The molecule has 9 heteroatoms. The minimum absolute atomic E-state index is 0.249. The maximum atomic E-state index is 12.9. The summed E-state index contributed by atoms with van der Waals surface area (Å²) in [5.41, 5.74) is 3.93. The van der Waals surface area contributed by atoms with Gasteiger partial charge in [-0.2, -0.15) is 5.10 Å². The molecule has 0 aliphatic heterocycles. The summed E-state index contributed by atoms with van der Waals surface area (Å²) >= 11 is 11.7. The highest BCUT2D eigenvalue weighted by molar-refractivity contribution is 6.42. The van der Waals surface area contributed by atoms with Crippen LogP contribution in [0.25, 0.3) is 0 Å². The van der Waals surface area contributed by atoms with E-state index in [0.29, 0.717) is 22.0 Å². The molecule has 3 aromatic carbocycles. The molecule has 0 radical (unpaired) electrons. The van der Waals surface area contributed by atoms with Gasteiger partial charge in [-0.25, -0.2) is 9.82 Å². The van der Waals surface area contributed by atoms with E-state index in [1.54, 1.807) is 36.4 Å². The molecule has 6 nitrogen and oxygen atoms in total. The van der Waals surface area contributed by atoms with Crippen molar-refractivity contribution in [2.24, 2.45) is 5.10 Å². The number of amides is 2. The van der Waals surface area contributed by atoms with Crippen molar-refractivity contribution in [3.8, 4) is 5.75 Å². The largest absolute Gasteiger partial charge is 0.489 e. The summed E-state index contributed by atoms with van der Waals surface area (Å²) in [5.74, 6) is -1.61. The van der Waals surface area contributed by atoms with Crippen molar-refractivity contribution in [3.05, 3.63) is 93.7 Å². The van der Waals surface area contributed by atoms with Crippen LogP contribution in [0.2, 0.25) is 10.0 Å². The van der Waals surface area contributed by atoms with Crippen LogP contribution >= 0.6 is 23.2 Å². The molecule has 31 heavy (non-hydrogen) atoms. The second kappa shape index (κ2) is 10.6.